The highest BCUT2D eigenvalue weighted by Gasteiger charge is 2.44. The molecular weight excluding hydrogens is 384 g/mol. The molecule has 1 unspecified atom stereocenters. The lowest BCUT2D eigenvalue weighted by Gasteiger charge is -2.51. The maximum atomic E-state index is 6.50. The summed E-state index contributed by atoms with van der Waals surface area (Å²) in [5.74, 6) is 1.70. The van der Waals surface area contributed by atoms with Crippen LogP contribution in [0.1, 0.15) is 24.5 Å². The normalized spacial score (nSPS) is 26.9. The average molecular weight is 407 g/mol. The van der Waals surface area contributed by atoms with Crippen LogP contribution < -0.4 is 4.74 Å². The minimum Gasteiger partial charge on any atom is -0.467 e. The molecule has 5 atom stereocenters. The van der Waals surface area contributed by atoms with E-state index in [1.807, 2.05) is 24.4 Å². The lowest BCUT2D eigenvalue weighted by atomic mass is 9.73. The Kier molecular flexibility index (Phi) is 4.94. The monoisotopic (exact) mass is 406 g/mol. The van der Waals surface area contributed by atoms with E-state index in [1.54, 1.807) is 12.1 Å². The number of piperidine rings is 3. The Morgan fingerprint density at radius 2 is 2.07 bits per heavy atom. The Labute approximate surface area is 175 Å². The van der Waals surface area contributed by atoms with Crippen molar-refractivity contribution in [2.75, 3.05) is 13.1 Å². The third-order valence-corrected chi connectivity index (χ3v) is 6.55. The Hall–Kier alpha value is -2.50. The molecule has 0 saturated carbocycles. The number of hydrogen-bond acceptors (Lipinski definition) is 5. The maximum absolute atomic E-state index is 6.50. The second-order valence-corrected chi connectivity index (χ2v) is 8.28. The lowest BCUT2D eigenvalue weighted by molar-refractivity contribution is -0.0370. The summed E-state index contributed by atoms with van der Waals surface area (Å²) < 4.78 is 6.50. The van der Waals surface area contributed by atoms with E-state index in [0.29, 0.717) is 22.9 Å². The highest BCUT2D eigenvalue weighted by atomic mass is 35.5. The molecule has 6 rings (SSSR count). The number of aromatic nitrogens is 3. The first kappa shape index (κ1) is 18.5. The molecule has 0 spiro atoms. The minimum atomic E-state index is -0.160. The van der Waals surface area contributed by atoms with Crippen LogP contribution in [0.4, 0.5) is 0 Å². The van der Waals surface area contributed by atoms with Gasteiger partial charge in [-0.1, -0.05) is 35.9 Å². The molecule has 3 aliphatic heterocycles. The van der Waals surface area contributed by atoms with Crippen LogP contribution >= 0.6 is 11.6 Å². The topological polar surface area (TPSA) is 51.1 Å². The molecule has 0 aliphatic carbocycles. The molecular formula is C23H23ClN4O. The standard InChI is InChI=1S/C23H23ClN4O/c1-2-15-14-28-12-10-16(15)13-20(28)23(29-22-8-7-21(24)26-27-22)18-9-11-25-19-6-4-3-5-17(18)19/h2-9,11,15-16,20,23H,1,10,12-14H2/t15-,16-,20-,23+/m0/s1. The number of rotatable bonds is 5. The summed E-state index contributed by atoms with van der Waals surface area (Å²) in [6, 6.07) is 14.1. The van der Waals surface area contributed by atoms with Crippen molar-refractivity contribution >= 4 is 22.5 Å². The summed E-state index contributed by atoms with van der Waals surface area (Å²) >= 11 is 5.92. The van der Waals surface area contributed by atoms with Crippen LogP contribution in [0, 0.1) is 11.8 Å². The van der Waals surface area contributed by atoms with Crippen molar-refractivity contribution in [3.8, 4) is 5.88 Å². The van der Waals surface area contributed by atoms with Gasteiger partial charge < -0.3 is 4.74 Å². The van der Waals surface area contributed by atoms with Gasteiger partial charge in [0.1, 0.15) is 6.10 Å². The van der Waals surface area contributed by atoms with Gasteiger partial charge in [-0.05, 0) is 49.4 Å². The molecule has 3 fully saturated rings. The minimum absolute atomic E-state index is 0.160. The summed E-state index contributed by atoms with van der Waals surface area (Å²) in [6.07, 6.45) is 6.13. The molecule has 2 aromatic heterocycles. The number of para-hydroxylation sites is 1. The van der Waals surface area contributed by atoms with Gasteiger partial charge in [-0.2, -0.15) is 0 Å². The van der Waals surface area contributed by atoms with Crippen LogP contribution in [0.15, 0.2) is 61.3 Å². The number of benzene rings is 1. The van der Waals surface area contributed by atoms with Gasteiger partial charge in [-0.3, -0.25) is 9.88 Å². The fraction of sp³-hybridized carbons (Fsp3) is 0.348. The van der Waals surface area contributed by atoms with Crippen LogP contribution in [-0.2, 0) is 0 Å². The zero-order valence-electron chi connectivity index (χ0n) is 16.1. The van der Waals surface area contributed by atoms with Gasteiger partial charge in [0.2, 0.25) is 5.88 Å². The second kappa shape index (κ2) is 7.73. The van der Waals surface area contributed by atoms with E-state index in [1.165, 1.54) is 6.42 Å². The van der Waals surface area contributed by atoms with Gasteiger partial charge in [-0.15, -0.1) is 16.8 Å². The molecule has 3 saturated heterocycles. The highest BCUT2D eigenvalue weighted by Crippen LogP contribution is 2.43. The van der Waals surface area contributed by atoms with Crippen LogP contribution in [0.2, 0.25) is 5.15 Å². The molecule has 0 radical (unpaired) electrons. The van der Waals surface area contributed by atoms with Crippen LogP contribution in [0.5, 0.6) is 5.88 Å². The first-order valence-electron chi connectivity index (χ1n) is 10.1. The molecule has 5 nitrogen and oxygen atoms in total. The molecule has 0 N–H and O–H groups in total. The highest BCUT2D eigenvalue weighted by molar-refractivity contribution is 6.29. The lowest BCUT2D eigenvalue weighted by Crippen LogP contribution is -2.55. The summed E-state index contributed by atoms with van der Waals surface area (Å²) in [5, 5.41) is 9.59. The number of fused-ring (bicyclic) bond motifs is 4. The molecule has 3 aliphatic rings. The molecule has 3 aromatic rings. The number of ether oxygens (including phenoxy) is 1. The zero-order chi connectivity index (χ0) is 19.8. The Bertz CT molecular complexity index is 1020. The van der Waals surface area contributed by atoms with E-state index >= 15 is 0 Å². The van der Waals surface area contributed by atoms with Crippen molar-refractivity contribution in [2.24, 2.45) is 11.8 Å². The van der Waals surface area contributed by atoms with E-state index in [2.05, 4.69) is 44.9 Å². The molecule has 6 heteroatoms. The van der Waals surface area contributed by atoms with E-state index in [0.717, 1.165) is 36.0 Å². The third-order valence-electron chi connectivity index (χ3n) is 6.35. The zero-order valence-corrected chi connectivity index (χ0v) is 16.9. The van der Waals surface area contributed by atoms with Gasteiger partial charge in [0.15, 0.2) is 5.15 Å². The number of halogens is 1. The maximum Gasteiger partial charge on any atom is 0.234 e. The first-order valence-corrected chi connectivity index (χ1v) is 10.5. The number of nitrogens with zero attached hydrogens (tertiary/aromatic N) is 4. The summed E-state index contributed by atoms with van der Waals surface area (Å²) in [6.45, 7) is 6.18. The van der Waals surface area contributed by atoms with Crippen LogP contribution in [0.25, 0.3) is 10.9 Å². The molecule has 2 bridgehead atoms. The molecule has 1 aromatic carbocycles. The summed E-state index contributed by atoms with van der Waals surface area (Å²) in [7, 11) is 0. The molecule has 5 heterocycles. The first-order chi connectivity index (χ1) is 14.2. The largest absolute Gasteiger partial charge is 0.467 e. The Balaban J connectivity index is 1.56. The fourth-order valence-electron chi connectivity index (χ4n) is 4.90. The van der Waals surface area contributed by atoms with Crippen molar-refractivity contribution in [3.63, 3.8) is 0 Å². The van der Waals surface area contributed by atoms with Gasteiger partial charge in [-0.25, -0.2) is 0 Å². The summed E-state index contributed by atoms with van der Waals surface area (Å²) in [4.78, 5) is 7.08. The van der Waals surface area contributed by atoms with E-state index in [9.17, 15) is 0 Å². The number of hydrogen-bond donors (Lipinski definition) is 0. The summed E-state index contributed by atoms with van der Waals surface area (Å²) in [5.41, 5.74) is 2.11. The molecule has 0 amide bonds. The predicted octanol–water partition coefficient (Wildman–Crippen LogP) is 4.69. The van der Waals surface area contributed by atoms with E-state index in [-0.39, 0.29) is 12.1 Å². The van der Waals surface area contributed by atoms with Gasteiger partial charge in [0.25, 0.3) is 0 Å². The van der Waals surface area contributed by atoms with Gasteiger partial charge >= 0.3 is 0 Å². The third kappa shape index (κ3) is 3.49. The Morgan fingerprint density at radius 3 is 2.83 bits per heavy atom. The van der Waals surface area contributed by atoms with E-state index < -0.39 is 0 Å². The van der Waals surface area contributed by atoms with Gasteiger partial charge in [0, 0.05) is 29.8 Å². The average Bonchev–Trinajstić information content (AvgIpc) is 2.78. The SMILES string of the molecule is C=C[C@H]1CN2CC[C@H]1C[C@H]2[C@H](Oc1ccc(Cl)nn1)c1ccnc2ccccc12. The van der Waals surface area contributed by atoms with Gasteiger partial charge in [0.05, 0.1) is 11.6 Å². The van der Waals surface area contributed by atoms with Crippen molar-refractivity contribution in [3.05, 3.63) is 72.0 Å². The number of pyridine rings is 1. The fourth-order valence-corrected chi connectivity index (χ4v) is 5.00. The van der Waals surface area contributed by atoms with Crippen LogP contribution in [-0.4, -0.2) is 39.2 Å². The van der Waals surface area contributed by atoms with Crippen molar-refractivity contribution in [1.29, 1.82) is 0 Å². The molecule has 148 valence electrons. The van der Waals surface area contributed by atoms with E-state index in [4.69, 9.17) is 16.3 Å². The van der Waals surface area contributed by atoms with Crippen LogP contribution in [0.3, 0.4) is 0 Å². The predicted molar refractivity (Wildman–Crippen MR) is 114 cm³/mol. The quantitative estimate of drug-likeness (QED) is 0.575. The van der Waals surface area contributed by atoms with Crippen molar-refractivity contribution in [2.45, 2.75) is 25.0 Å². The van der Waals surface area contributed by atoms with Crippen molar-refractivity contribution < 1.29 is 4.74 Å². The molecule has 29 heavy (non-hydrogen) atoms. The smallest absolute Gasteiger partial charge is 0.234 e. The second-order valence-electron chi connectivity index (χ2n) is 7.90. The Morgan fingerprint density at radius 1 is 1.17 bits per heavy atom. The van der Waals surface area contributed by atoms with Crippen molar-refractivity contribution in [1.82, 2.24) is 20.1 Å².